The molecule has 3 N–H and O–H groups in total. The molecule has 0 radical (unpaired) electrons. The summed E-state index contributed by atoms with van der Waals surface area (Å²) < 4.78 is 1.91. The second-order valence-electron chi connectivity index (χ2n) is 2.93. The molecule has 68 valence electrons. The summed E-state index contributed by atoms with van der Waals surface area (Å²) in [4.78, 5) is 4.04. The first-order valence-electron chi connectivity index (χ1n) is 4.06. The van der Waals surface area contributed by atoms with Gasteiger partial charge in [0.25, 0.3) is 0 Å². The molecule has 0 saturated carbocycles. The van der Waals surface area contributed by atoms with Crippen molar-refractivity contribution in [1.29, 1.82) is 0 Å². The van der Waals surface area contributed by atoms with Gasteiger partial charge in [-0.25, -0.2) is 4.98 Å². The fraction of sp³-hybridized carbons (Fsp3) is 0.250. The van der Waals surface area contributed by atoms with E-state index in [2.05, 4.69) is 15.2 Å². The third-order valence-corrected chi connectivity index (χ3v) is 1.90. The lowest BCUT2D eigenvalue weighted by Crippen LogP contribution is -2.10. The standard InChI is InChI=1S/C8H11N5/c1-6(9)8-4-10-5-13(8)7-2-11-12-3-7/h2-6H,9H2,1H3,(H,11,12)/t6-/m1/s1. The third kappa shape index (κ3) is 1.33. The van der Waals surface area contributed by atoms with Crippen LogP contribution in [0.5, 0.6) is 0 Å². The third-order valence-electron chi connectivity index (χ3n) is 1.90. The Hall–Kier alpha value is -1.62. The topological polar surface area (TPSA) is 72.5 Å². The average Bonchev–Trinajstić information content (AvgIpc) is 2.74. The molecule has 1 atom stereocenters. The lowest BCUT2D eigenvalue weighted by molar-refractivity contribution is 0.752. The van der Waals surface area contributed by atoms with Gasteiger partial charge in [-0.3, -0.25) is 9.67 Å². The van der Waals surface area contributed by atoms with Crippen LogP contribution in [0.3, 0.4) is 0 Å². The maximum absolute atomic E-state index is 5.77. The second-order valence-corrected chi connectivity index (χ2v) is 2.93. The summed E-state index contributed by atoms with van der Waals surface area (Å²) in [6.07, 6.45) is 7.02. The minimum Gasteiger partial charge on any atom is -0.323 e. The van der Waals surface area contributed by atoms with Crippen molar-refractivity contribution in [2.45, 2.75) is 13.0 Å². The molecule has 0 aliphatic heterocycles. The van der Waals surface area contributed by atoms with E-state index in [0.29, 0.717) is 0 Å². The number of nitrogens with two attached hydrogens (primary N) is 1. The van der Waals surface area contributed by atoms with E-state index in [1.165, 1.54) is 0 Å². The predicted octanol–water partition coefficient (Wildman–Crippen LogP) is 0.615. The Kier molecular flexibility index (Phi) is 1.86. The van der Waals surface area contributed by atoms with Crippen molar-refractivity contribution in [3.8, 4) is 5.69 Å². The first-order chi connectivity index (χ1) is 6.29. The van der Waals surface area contributed by atoms with Crippen LogP contribution in [0.15, 0.2) is 24.9 Å². The van der Waals surface area contributed by atoms with Crippen molar-refractivity contribution < 1.29 is 0 Å². The van der Waals surface area contributed by atoms with Crippen LogP contribution in [0.4, 0.5) is 0 Å². The van der Waals surface area contributed by atoms with Crippen molar-refractivity contribution in [3.63, 3.8) is 0 Å². The lowest BCUT2D eigenvalue weighted by Gasteiger charge is -2.07. The number of rotatable bonds is 2. The summed E-state index contributed by atoms with van der Waals surface area (Å²) >= 11 is 0. The molecule has 5 heteroatoms. The quantitative estimate of drug-likeness (QED) is 0.706. The van der Waals surface area contributed by atoms with Gasteiger partial charge >= 0.3 is 0 Å². The van der Waals surface area contributed by atoms with Crippen molar-refractivity contribution in [3.05, 3.63) is 30.6 Å². The molecular formula is C8H11N5. The number of imidazole rings is 1. The first kappa shape index (κ1) is 8.00. The van der Waals surface area contributed by atoms with Crippen LogP contribution in [-0.2, 0) is 0 Å². The summed E-state index contributed by atoms with van der Waals surface area (Å²) in [5.74, 6) is 0. The van der Waals surface area contributed by atoms with Gasteiger partial charge in [-0.05, 0) is 6.92 Å². The predicted molar refractivity (Wildman–Crippen MR) is 48.3 cm³/mol. The molecule has 0 saturated heterocycles. The van der Waals surface area contributed by atoms with E-state index < -0.39 is 0 Å². The Morgan fingerprint density at radius 3 is 3.00 bits per heavy atom. The van der Waals surface area contributed by atoms with Crippen LogP contribution in [0.25, 0.3) is 5.69 Å². The molecule has 2 aromatic rings. The van der Waals surface area contributed by atoms with Crippen LogP contribution in [-0.4, -0.2) is 19.7 Å². The fourth-order valence-electron chi connectivity index (χ4n) is 1.23. The lowest BCUT2D eigenvalue weighted by atomic mass is 10.2. The molecular weight excluding hydrogens is 166 g/mol. The Morgan fingerprint density at radius 2 is 2.38 bits per heavy atom. The molecule has 0 bridgehead atoms. The molecule has 0 spiro atoms. The van der Waals surface area contributed by atoms with Crippen LogP contribution >= 0.6 is 0 Å². The number of nitrogens with one attached hydrogen (secondary N) is 1. The molecule has 2 aromatic heterocycles. The van der Waals surface area contributed by atoms with Crippen molar-refractivity contribution in [2.75, 3.05) is 0 Å². The van der Waals surface area contributed by atoms with Gasteiger partial charge in [0.05, 0.1) is 30.1 Å². The molecule has 13 heavy (non-hydrogen) atoms. The minimum atomic E-state index is -0.0302. The number of aromatic nitrogens is 4. The summed E-state index contributed by atoms with van der Waals surface area (Å²) in [5, 5.41) is 6.61. The molecule has 5 nitrogen and oxygen atoms in total. The van der Waals surface area contributed by atoms with Gasteiger partial charge in [0.2, 0.25) is 0 Å². The number of nitrogens with zero attached hydrogens (tertiary/aromatic N) is 3. The maximum atomic E-state index is 5.77. The van der Waals surface area contributed by atoms with Gasteiger partial charge < -0.3 is 5.73 Å². The van der Waals surface area contributed by atoms with Crippen molar-refractivity contribution in [1.82, 2.24) is 19.7 Å². The van der Waals surface area contributed by atoms with Gasteiger partial charge in [-0.2, -0.15) is 5.10 Å². The molecule has 0 aromatic carbocycles. The van der Waals surface area contributed by atoms with Crippen molar-refractivity contribution >= 4 is 0 Å². The van der Waals surface area contributed by atoms with Gasteiger partial charge in [-0.1, -0.05) is 0 Å². The zero-order valence-corrected chi connectivity index (χ0v) is 7.31. The van der Waals surface area contributed by atoms with E-state index in [0.717, 1.165) is 11.4 Å². The number of aromatic amines is 1. The molecule has 0 fully saturated rings. The molecule has 2 heterocycles. The number of H-pyrrole nitrogens is 1. The van der Waals surface area contributed by atoms with Gasteiger partial charge in [0.1, 0.15) is 0 Å². The van der Waals surface area contributed by atoms with E-state index in [1.54, 1.807) is 24.9 Å². The molecule has 2 rings (SSSR count). The highest BCUT2D eigenvalue weighted by Crippen LogP contribution is 2.13. The second kappa shape index (κ2) is 3.02. The van der Waals surface area contributed by atoms with Crippen LogP contribution in [0, 0.1) is 0 Å². The van der Waals surface area contributed by atoms with E-state index in [1.807, 2.05) is 11.5 Å². The molecule has 0 unspecified atom stereocenters. The monoisotopic (exact) mass is 177 g/mol. The zero-order chi connectivity index (χ0) is 9.26. The average molecular weight is 177 g/mol. The van der Waals surface area contributed by atoms with Gasteiger partial charge in [-0.15, -0.1) is 0 Å². The van der Waals surface area contributed by atoms with Gasteiger partial charge in [0.15, 0.2) is 0 Å². The summed E-state index contributed by atoms with van der Waals surface area (Å²) in [6.45, 7) is 1.92. The smallest absolute Gasteiger partial charge is 0.0995 e. The first-order valence-corrected chi connectivity index (χ1v) is 4.06. The fourth-order valence-corrected chi connectivity index (χ4v) is 1.23. The summed E-state index contributed by atoms with van der Waals surface area (Å²) in [6, 6.07) is -0.0302. The Labute approximate surface area is 75.6 Å². The molecule has 0 aliphatic carbocycles. The van der Waals surface area contributed by atoms with Crippen LogP contribution < -0.4 is 5.73 Å². The molecule has 0 amide bonds. The van der Waals surface area contributed by atoms with E-state index in [-0.39, 0.29) is 6.04 Å². The van der Waals surface area contributed by atoms with E-state index in [4.69, 9.17) is 5.73 Å². The summed E-state index contributed by atoms with van der Waals surface area (Å²) in [7, 11) is 0. The highest BCUT2D eigenvalue weighted by Gasteiger charge is 2.08. The summed E-state index contributed by atoms with van der Waals surface area (Å²) in [5.41, 5.74) is 7.70. The van der Waals surface area contributed by atoms with Crippen LogP contribution in [0.1, 0.15) is 18.7 Å². The largest absolute Gasteiger partial charge is 0.323 e. The number of hydrogen-bond acceptors (Lipinski definition) is 3. The zero-order valence-electron chi connectivity index (χ0n) is 7.31. The van der Waals surface area contributed by atoms with E-state index in [9.17, 15) is 0 Å². The Bertz CT molecular complexity index is 373. The SMILES string of the molecule is C[C@@H](N)c1cncn1-c1cn[nH]c1. The maximum Gasteiger partial charge on any atom is 0.0995 e. The highest BCUT2D eigenvalue weighted by molar-refractivity contribution is 5.28. The van der Waals surface area contributed by atoms with Crippen molar-refractivity contribution in [2.24, 2.45) is 5.73 Å². The highest BCUT2D eigenvalue weighted by atomic mass is 15.2. The Balaban J connectivity index is 2.46. The normalized spacial score (nSPS) is 13.1. The molecule has 0 aliphatic rings. The van der Waals surface area contributed by atoms with Crippen LogP contribution in [0.2, 0.25) is 0 Å². The van der Waals surface area contributed by atoms with E-state index >= 15 is 0 Å². The minimum absolute atomic E-state index is 0.0302. The number of hydrogen-bond donors (Lipinski definition) is 2. The Morgan fingerprint density at radius 1 is 1.54 bits per heavy atom. The van der Waals surface area contributed by atoms with Gasteiger partial charge in [0, 0.05) is 12.2 Å².